The summed E-state index contributed by atoms with van der Waals surface area (Å²) in [6, 6.07) is 18.2. The van der Waals surface area contributed by atoms with E-state index in [1.54, 1.807) is 35.0 Å². The Balaban J connectivity index is 1.51. The molecule has 0 N–H and O–H groups in total. The van der Waals surface area contributed by atoms with Gasteiger partial charge < -0.3 is 14.5 Å². The Bertz CT molecular complexity index is 1020. The second-order valence-electron chi connectivity index (χ2n) is 7.47. The van der Waals surface area contributed by atoms with E-state index in [0.717, 1.165) is 5.56 Å². The van der Waals surface area contributed by atoms with E-state index < -0.39 is 6.04 Å². The Kier molecular flexibility index (Phi) is 6.31. The van der Waals surface area contributed by atoms with Crippen molar-refractivity contribution in [3.63, 3.8) is 0 Å². The SMILES string of the molecule is COc1ccccc1C(=O)N1CCCN(C(=O)C(c2ccccc2)n2cccn2)CC1. The van der Waals surface area contributed by atoms with Gasteiger partial charge in [-0.05, 0) is 30.2 Å². The van der Waals surface area contributed by atoms with Crippen LogP contribution in [-0.2, 0) is 4.79 Å². The summed E-state index contributed by atoms with van der Waals surface area (Å²) in [4.78, 5) is 30.3. The van der Waals surface area contributed by atoms with E-state index in [0.29, 0.717) is 43.9 Å². The highest BCUT2D eigenvalue weighted by molar-refractivity contribution is 5.97. The molecule has 7 nitrogen and oxygen atoms in total. The maximum Gasteiger partial charge on any atom is 0.257 e. The first-order valence-corrected chi connectivity index (χ1v) is 10.4. The molecule has 31 heavy (non-hydrogen) atoms. The van der Waals surface area contributed by atoms with Gasteiger partial charge in [0.15, 0.2) is 6.04 Å². The quantitative estimate of drug-likeness (QED) is 0.639. The highest BCUT2D eigenvalue weighted by Crippen LogP contribution is 2.23. The molecule has 4 rings (SSSR count). The van der Waals surface area contributed by atoms with E-state index in [2.05, 4.69) is 5.10 Å². The third kappa shape index (κ3) is 4.45. The summed E-state index contributed by atoms with van der Waals surface area (Å²) in [5, 5.41) is 4.32. The van der Waals surface area contributed by atoms with Crippen molar-refractivity contribution in [2.24, 2.45) is 0 Å². The van der Waals surface area contributed by atoms with Gasteiger partial charge in [0.05, 0.1) is 12.7 Å². The van der Waals surface area contributed by atoms with Gasteiger partial charge in [-0.1, -0.05) is 42.5 Å². The molecule has 2 amide bonds. The van der Waals surface area contributed by atoms with Crippen molar-refractivity contribution in [1.82, 2.24) is 19.6 Å². The Morgan fingerprint density at radius 1 is 0.903 bits per heavy atom. The Labute approximate surface area is 181 Å². The highest BCUT2D eigenvalue weighted by atomic mass is 16.5. The van der Waals surface area contributed by atoms with E-state index in [1.807, 2.05) is 59.6 Å². The van der Waals surface area contributed by atoms with Crippen LogP contribution in [0.25, 0.3) is 0 Å². The lowest BCUT2D eigenvalue weighted by atomic mass is 10.1. The zero-order chi connectivity index (χ0) is 21.6. The van der Waals surface area contributed by atoms with Crippen molar-refractivity contribution in [2.75, 3.05) is 33.3 Å². The van der Waals surface area contributed by atoms with Gasteiger partial charge >= 0.3 is 0 Å². The average Bonchev–Trinajstić information content (AvgIpc) is 3.22. The summed E-state index contributed by atoms with van der Waals surface area (Å²) >= 11 is 0. The molecule has 1 unspecified atom stereocenters. The van der Waals surface area contributed by atoms with Gasteiger partial charge in [-0.2, -0.15) is 5.10 Å². The van der Waals surface area contributed by atoms with Gasteiger partial charge in [-0.3, -0.25) is 14.3 Å². The standard InChI is InChI=1S/C24H26N4O3/c1-31-21-12-6-5-11-20(21)23(29)26-14-8-15-27(18-17-26)24(30)22(28-16-7-13-25-28)19-9-3-2-4-10-19/h2-7,9-13,16,22H,8,14-15,17-18H2,1H3. The van der Waals surface area contributed by atoms with Gasteiger partial charge in [0, 0.05) is 38.6 Å². The number of carbonyl (C=O) groups is 2. The summed E-state index contributed by atoms with van der Waals surface area (Å²) in [7, 11) is 1.56. The predicted molar refractivity (Wildman–Crippen MR) is 117 cm³/mol. The number of aromatic nitrogens is 2. The first kappa shape index (κ1) is 20.7. The number of methoxy groups -OCH3 is 1. The predicted octanol–water partition coefficient (Wildman–Crippen LogP) is 2.86. The first-order chi connectivity index (χ1) is 15.2. The molecule has 0 aliphatic carbocycles. The van der Waals surface area contributed by atoms with Crippen molar-refractivity contribution >= 4 is 11.8 Å². The van der Waals surface area contributed by atoms with Crippen molar-refractivity contribution in [3.8, 4) is 5.75 Å². The summed E-state index contributed by atoms with van der Waals surface area (Å²) in [6.07, 6.45) is 4.21. The molecule has 1 aliphatic rings. The maximum absolute atomic E-state index is 13.5. The minimum absolute atomic E-state index is 0.0125. The Hall–Kier alpha value is -3.61. The van der Waals surface area contributed by atoms with Crippen LogP contribution in [-0.4, -0.2) is 64.7 Å². The van der Waals surface area contributed by atoms with E-state index >= 15 is 0 Å². The van der Waals surface area contributed by atoms with Crippen molar-refractivity contribution < 1.29 is 14.3 Å². The van der Waals surface area contributed by atoms with E-state index in [-0.39, 0.29) is 11.8 Å². The number of hydrogen-bond donors (Lipinski definition) is 0. The third-order valence-corrected chi connectivity index (χ3v) is 5.57. The summed E-state index contributed by atoms with van der Waals surface area (Å²) < 4.78 is 7.04. The minimum Gasteiger partial charge on any atom is -0.496 e. The van der Waals surface area contributed by atoms with Crippen LogP contribution in [0.4, 0.5) is 0 Å². The first-order valence-electron chi connectivity index (χ1n) is 10.4. The van der Waals surface area contributed by atoms with Crippen LogP contribution in [0.2, 0.25) is 0 Å². The molecule has 2 aromatic carbocycles. The second-order valence-corrected chi connectivity index (χ2v) is 7.47. The van der Waals surface area contributed by atoms with Crippen LogP contribution in [0.5, 0.6) is 5.75 Å². The van der Waals surface area contributed by atoms with Gasteiger partial charge in [0.25, 0.3) is 11.8 Å². The zero-order valence-electron chi connectivity index (χ0n) is 17.6. The van der Waals surface area contributed by atoms with E-state index in [9.17, 15) is 9.59 Å². The molecular weight excluding hydrogens is 392 g/mol. The van der Waals surface area contributed by atoms with E-state index in [1.165, 1.54) is 0 Å². The number of para-hydroxylation sites is 1. The molecule has 1 atom stereocenters. The molecule has 0 bridgehead atoms. The number of ether oxygens (including phenoxy) is 1. The van der Waals surface area contributed by atoms with Crippen LogP contribution in [0.3, 0.4) is 0 Å². The summed E-state index contributed by atoms with van der Waals surface area (Å²) in [5.74, 6) is 0.479. The highest BCUT2D eigenvalue weighted by Gasteiger charge is 2.30. The van der Waals surface area contributed by atoms with Crippen LogP contribution >= 0.6 is 0 Å². The van der Waals surface area contributed by atoms with Gasteiger partial charge in [-0.15, -0.1) is 0 Å². The van der Waals surface area contributed by atoms with Gasteiger partial charge in [0.2, 0.25) is 0 Å². The Morgan fingerprint density at radius 2 is 1.61 bits per heavy atom. The molecule has 1 aliphatic heterocycles. The van der Waals surface area contributed by atoms with Crippen molar-refractivity contribution in [1.29, 1.82) is 0 Å². The number of nitrogens with zero attached hydrogens (tertiary/aromatic N) is 4. The lowest BCUT2D eigenvalue weighted by molar-refractivity contribution is -0.133. The number of hydrogen-bond acceptors (Lipinski definition) is 4. The van der Waals surface area contributed by atoms with Gasteiger partial charge in [-0.25, -0.2) is 0 Å². The molecule has 2 heterocycles. The third-order valence-electron chi connectivity index (χ3n) is 5.57. The number of rotatable bonds is 5. The van der Waals surface area contributed by atoms with Crippen LogP contribution in [0, 0.1) is 0 Å². The van der Waals surface area contributed by atoms with E-state index in [4.69, 9.17) is 4.74 Å². The molecule has 1 saturated heterocycles. The van der Waals surface area contributed by atoms with Crippen molar-refractivity contribution in [2.45, 2.75) is 12.5 Å². The zero-order valence-corrected chi connectivity index (χ0v) is 17.6. The number of benzene rings is 2. The smallest absolute Gasteiger partial charge is 0.257 e. The number of carbonyl (C=O) groups excluding carboxylic acids is 2. The summed E-state index contributed by atoms with van der Waals surface area (Å²) in [5.41, 5.74) is 1.44. The van der Waals surface area contributed by atoms with Crippen LogP contribution in [0.1, 0.15) is 28.4 Å². The Morgan fingerprint density at radius 3 is 2.35 bits per heavy atom. The molecular formula is C24H26N4O3. The maximum atomic E-state index is 13.5. The minimum atomic E-state index is -0.521. The molecule has 1 aromatic heterocycles. The largest absolute Gasteiger partial charge is 0.496 e. The molecule has 0 spiro atoms. The molecule has 0 radical (unpaired) electrons. The average molecular weight is 418 g/mol. The van der Waals surface area contributed by atoms with Crippen LogP contribution in [0.15, 0.2) is 73.1 Å². The molecule has 1 fully saturated rings. The molecule has 0 saturated carbocycles. The lowest BCUT2D eigenvalue weighted by Gasteiger charge is -2.27. The summed E-state index contributed by atoms with van der Waals surface area (Å²) in [6.45, 7) is 2.14. The van der Waals surface area contributed by atoms with Crippen molar-refractivity contribution in [3.05, 3.63) is 84.2 Å². The molecule has 7 heteroatoms. The topological polar surface area (TPSA) is 67.7 Å². The second kappa shape index (κ2) is 9.47. The van der Waals surface area contributed by atoms with Crippen LogP contribution < -0.4 is 4.74 Å². The lowest BCUT2D eigenvalue weighted by Crippen LogP contribution is -2.41. The fraction of sp³-hybridized carbons (Fsp3) is 0.292. The molecule has 160 valence electrons. The van der Waals surface area contributed by atoms with Gasteiger partial charge in [0.1, 0.15) is 5.75 Å². The number of amides is 2. The normalized spacial score (nSPS) is 15.3. The fourth-order valence-electron chi connectivity index (χ4n) is 3.98. The molecule has 3 aromatic rings. The monoisotopic (exact) mass is 418 g/mol. The fourth-order valence-corrected chi connectivity index (χ4v) is 3.98.